The van der Waals surface area contributed by atoms with Gasteiger partial charge in [0.1, 0.15) is 10.7 Å². The molecule has 1 fully saturated rings. The summed E-state index contributed by atoms with van der Waals surface area (Å²) in [6.07, 6.45) is 4.42. The van der Waals surface area contributed by atoms with E-state index in [1.54, 1.807) is 19.5 Å². The van der Waals surface area contributed by atoms with Crippen molar-refractivity contribution >= 4 is 23.0 Å². The number of anilines is 1. The van der Waals surface area contributed by atoms with E-state index in [1.165, 1.54) is 0 Å². The first-order valence-electron chi connectivity index (χ1n) is 5.87. The number of nitrogens with one attached hydrogen (secondary N) is 1. The highest BCUT2D eigenvalue weighted by Gasteiger charge is 2.48. The van der Waals surface area contributed by atoms with E-state index in [0.717, 1.165) is 6.42 Å². The minimum atomic E-state index is 0.0553. The Hall–Kier alpha value is -1.27. The summed E-state index contributed by atoms with van der Waals surface area (Å²) in [5.41, 5.74) is 6.24. The number of aromatic nitrogens is 2. The van der Waals surface area contributed by atoms with Crippen LogP contribution in [0.1, 0.15) is 26.0 Å². The maximum Gasteiger partial charge on any atom is 0.155 e. The molecule has 0 bridgehead atoms. The van der Waals surface area contributed by atoms with Crippen LogP contribution < -0.4 is 11.1 Å². The van der Waals surface area contributed by atoms with Gasteiger partial charge in [0, 0.05) is 31.0 Å². The molecule has 2 unspecified atom stereocenters. The molecule has 0 aromatic carbocycles. The molecule has 1 aromatic rings. The van der Waals surface area contributed by atoms with Gasteiger partial charge in [-0.3, -0.25) is 0 Å². The van der Waals surface area contributed by atoms with Gasteiger partial charge >= 0.3 is 0 Å². The normalized spacial score (nSPS) is 25.3. The molecule has 3 N–H and O–H groups in total. The molecule has 0 saturated heterocycles. The maximum atomic E-state index is 5.64. The number of hydrogen-bond acceptors (Lipinski definition) is 5. The molecule has 0 amide bonds. The Bertz CT molecular complexity index is 463. The lowest BCUT2D eigenvalue weighted by Crippen LogP contribution is -2.58. The third-order valence-corrected chi connectivity index (χ3v) is 3.90. The molecule has 5 nitrogen and oxygen atoms in total. The molecule has 6 heteroatoms. The van der Waals surface area contributed by atoms with Gasteiger partial charge in [-0.05, 0) is 6.42 Å². The van der Waals surface area contributed by atoms with Crippen molar-refractivity contribution < 1.29 is 4.74 Å². The summed E-state index contributed by atoms with van der Waals surface area (Å²) in [5, 5.41) is 3.36. The van der Waals surface area contributed by atoms with E-state index in [0.29, 0.717) is 11.5 Å². The fourth-order valence-electron chi connectivity index (χ4n) is 2.32. The summed E-state index contributed by atoms with van der Waals surface area (Å²) in [6.45, 7) is 4.33. The van der Waals surface area contributed by atoms with Crippen LogP contribution in [0, 0.1) is 5.41 Å². The van der Waals surface area contributed by atoms with Gasteiger partial charge < -0.3 is 15.8 Å². The van der Waals surface area contributed by atoms with Crippen LogP contribution in [-0.2, 0) is 4.74 Å². The van der Waals surface area contributed by atoms with E-state index < -0.39 is 0 Å². The van der Waals surface area contributed by atoms with Gasteiger partial charge in [-0.1, -0.05) is 26.1 Å². The Balaban J connectivity index is 2.14. The topological polar surface area (TPSA) is 73.1 Å². The molecule has 0 aliphatic heterocycles. The van der Waals surface area contributed by atoms with E-state index in [-0.39, 0.29) is 22.5 Å². The van der Waals surface area contributed by atoms with Crippen molar-refractivity contribution in [2.75, 3.05) is 12.4 Å². The summed E-state index contributed by atoms with van der Waals surface area (Å²) in [4.78, 5) is 8.67. The van der Waals surface area contributed by atoms with Crippen molar-refractivity contribution in [3.63, 3.8) is 0 Å². The van der Waals surface area contributed by atoms with Gasteiger partial charge in [0.05, 0.1) is 6.10 Å². The van der Waals surface area contributed by atoms with Gasteiger partial charge in [0.2, 0.25) is 0 Å². The van der Waals surface area contributed by atoms with Crippen LogP contribution in [-0.4, -0.2) is 34.2 Å². The Labute approximate surface area is 112 Å². The second-order valence-corrected chi connectivity index (χ2v) is 5.54. The van der Waals surface area contributed by atoms with Crippen LogP contribution in [0.25, 0.3) is 0 Å². The van der Waals surface area contributed by atoms with Crippen LogP contribution >= 0.6 is 12.2 Å². The highest BCUT2D eigenvalue weighted by molar-refractivity contribution is 7.80. The Morgan fingerprint density at radius 1 is 1.50 bits per heavy atom. The molecule has 1 aliphatic carbocycles. The molecule has 18 heavy (non-hydrogen) atoms. The zero-order valence-electron chi connectivity index (χ0n) is 10.8. The lowest BCUT2D eigenvalue weighted by Gasteiger charge is -2.51. The predicted octanol–water partition coefficient (Wildman–Crippen LogP) is 1.34. The van der Waals surface area contributed by atoms with Crippen LogP contribution in [0.5, 0.6) is 0 Å². The largest absolute Gasteiger partial charge is 0.388 e. The van der Waals surface area contributed by atoms with E-state index in [1.807, 2.05) is 0 Å². The smallest absolute Gasteiger partial charge is 0.155 e. The number of ether oxygens (including phenoxy) is 1. The summed E-state index contributed by atoms with van der Waals surface area (Å²) >= 11 is 4.97. The average molecular weight is 266 g/mol. The molecule has 98 valence electrons. The number of nitrogens with two attached hydrogens (primary N) is 1. The number of nitrogens with zero attached hydrogens (tertiary/aromatic N) is 2. The molecule has 1 saturated carbocycles. The fourth-order valence-corrected chi connectivity index (χ4v) is 2.47. The first-order valence-corrected chi connectivity index (χ1v) is 6.27. The van der Waals surface area contributed by atoms with Crippen molar-refractivity contribution in [3.05, 3.63) is 18.1 Å². The monoisotopic (exact) mass is 266 g/mol. The second-order valence-electron chi connectivity index (χ2n) is 5.10. The van der Waals surface area contributed by atoms with Gasteiger partial charge in [-0.15, -0.1) is 0 Å². The molecule has 0 spiro atoms. The van der Waals surface area contributed by atoms with Crippen LogP contribution in [0.4, 0.5) is 5.82 Å². The second kappa shape index (κ2) is 4.78. The fraction of sp³-hybridized carbons (Fsp3) is 0.583. The molecular weight excluding hydrogens is 248 g/mol. The Kier molecular flexibility index (Phi) is 3.49. The number of thiocarbonyl (C=S) groups is 1. The minimum Gasteiger partial charge on any atom is -0.388 e. The number of rotatable bonds is 4. The lowest BCUT2D eigenvalue weighted by atomic mass is 9.64. The Morgan fingerprint density at radius 2 is 2.17 bits per heavy atom. The van der Waals surface area contributed by atoms with Crippen molar-refractivity contribution in [2.24, 2.45) is 11.1 Å². The molecular formula is C12H18N4OS. The zero-order chi connectivity index (χ0) is 13.3. The summed E-state index contributed by atoms with van der Waals surface area (Å²) < 4.78 is 5.42. The van der Waals surface area contributed by atoms with Gasteiger partial charge in [0.15, 0.2) is 5.82 Å². The predicted molar refractivity (Wildman–Crippen MR) is 74.5 cm³/mol. The Morgan fingerprint density at radius 3 is 2.72 bits per heavy atom. The van der Waals surface area contributed by atoms with Crippen LogP contribution in [0.2, 0.25) is 0 Å². The standard InChI is InChI=1S/C12H18N4OS/c1-12(2)7(6-8(12)17-3)16-11-9(10(13)18)14-4-5-15-11/h4-5,7-8H,6H2,1-3H3,(H2,13,18)(H,15,16). The molecule has 0 radical (unpaired) electrons. The molecule has 2 rings (SSSR count). The van der Waals surface area contributed by atoms with Gasteiger partial charge in [0.25, 0.3) is 0 Å². The zero-order valence-corrected chi connectivity index (χ0v) is 11.6. The van der Waals surface area contributed by atoms with Crippen LogP contribution in [0.15, 0.2) is 12.4 Å². The van der Waals surface area contributed by atoms with Crippen molar-refractivity contribution in [3.8, 4) is 0 Å². The SMILES string of the molecule is COC1CC(Nc2nccnc2C(N)=S)C1(C)C. The third kappa shape index (κ3) is 2.18. The molecule has 1 heterocycles. The van der Waals surface area contributed by atoms with Crippen molar-refractivity contribution in [2.45, 2.75) is 32.4 Å². The van der Waals surface area contributed by atoms with Crippen molar-refractivity contribution in [1.82, 2.24) is 9.97 Å². The highest BCUT2D eigenvalue weighted by Crippen LogP contribution is 2.43. The summed E-state index contributed by atoms with van der Waals surface area (Å²) in [7, 11) is 1.74. The minimum absolute atomic E-state index is 0.0553. The summed E-state index contributed by atoms with van der Waals surface area (Å²) in [5.74, 6) is 0.651. The van der Waals surface area contributed by atoms with E-state index in [9.17, 15) is 0 Å². The third-order valence-electron chi connectivity index (χ3n) is 3.70. The number of hydrogen-bond donors (Lipinski definition) is 2. The van der Waals surface area contributed by atoms with Crippen LogP contribution in [0.3, 0.4) is 0 Å². The lowest BCUT2D eigenvalue weighted by molar-refractivity contribution is -0.0795. The van der Waals surface area contributed by atoms with Gasteiger partial charge in [-0.25, -0.2) is 9.97 Å². The van der Waals surface area contributed by atoms with E-state index in [4.69, 9.17) is 22.7 Å². The van der Waals surface area contributed by atoms with E-state index >= 15 is 0 Å². The number of methoxy groups -OCH3 is 1. The molecule has 1 aliphatic rings. The quantitative estimate of drug-likeness (QED) is 0.801. The average Bonchev–Trinajstić information content (AvgIpc) is 2.34. The first-order chi connectivity index (χ1) is 8.46. The van der Waals surface area contributed by atoms with Crippen molar-refractivity contribution in [1.29, 1.82) is 0 Å². The van der Waals surface area contributed by atoms with Gasteiger partial charge in [-0.2, -0.15) is 0 Å². The highest BCUT2D eigenvalue weighted by atomic mass is 32.1. The first kappa shape index (κ1) is 13.2. The molecule has 2 atom stereocenters. The molecule has 1 aromatic heterocycles. The summed E-state index contributed by atoms with van der Waals surface area (Å²) in [6, 6.07) is 0.284. The maximum absolute atomic E-state index is 5.64. The van der Waals surface area contributed by atoms with E-state index in [2.05, 4.69) is 29.1 Å².